The van der Waals surface area contributed by atoms with Gasteiger partial charge in [0.15, 0.2) is 0 Å². The van der Waals surface area contributed by atoms with Gasteiger partial charge in [0, 0.05) is 16.0 Å². The van der Waals surface area contributed by atoms with Crippen molar-refractivity contribution >= 4 is 53.8 Å². The van der Waals surface area contributed by atoms with Gasteiger partial charge in [0.1, 0.15) is 0 Å². The average Bonchev–Trinajstić information content (AvgIpc) is 3.91. The van der Waals surface area contributed by atoms with Crippen LogP contribution in [-0.4, -0.2) is 42.8 Å². The van der Waals surface area contributed by atoms with Crippen LogP contribution in [0.4, 0.5) is 0 Å². The van der Waals surface area contributed by atoms with Crippen molar-refractivity contribution < 1.29 is 19.1 Å². The Morgan fingerprint density at radius 1 is 0.878 bits per heavy atom. The van der Waals surface area contributed by atoms with Crippen LogP contribution in [0.3, 0.4) is 0 Å². The van der Waals surface area contributed by atoms with Crippen LogP contribution in [0.1, 0.15) is 76.5 Å². The maximum absolute atomic E-state index is 15.1. The number of halogens is 2. The number of carboxylic acid groups (broad SMARTS) is 1. The summed E-state index contributed by atoms with van der Waals surface area (Å²) in [5.74, 6) is -1.12. The van der Waals surface area contributed by atoms with E-state index < -0.39 is 19.7 Å². The predicted octanol–water partition coefficient (Wildman–Crippen LogP) is 8.89. The molecule has 4 aromatic carbocycles. The second-order valence-electron chi connectivity index (χ2n) is 15.1. The second kappa shape index (κ2) is 14.1. The molecule has 0 spiro atoms. The molecule has 8 heteroatoms. The van der Waals surface area contributed by atoms with Crippen LogP contribution in [0, 0.1) is 11.3 Å². The van der Waals surface area contributed by atoms with E-state index in [1.54, 1.807) is 0 Å². The van der Waals surface area contributed by atoms with E-state index in [4.69, 9.17) is 27.6 Å². The van der Waals surface area contributed by atoms with Crippen LogP contribution in [0.5, 0.6) is 0 Å². The van der Waals surface area contributed by atoms with Crippen molar-refractivity contribution in [3.63, 3.8) is 0 Å². The number of hydrogen-bond acceptors (Lipinski definition) is 3. The first kappa shape index (κ1) is 35.4. The number of rotatable bonds is 11. The molecule has 1 saturated carbocycles. The number of likely N-dealkylation sites (tertiary alicyclic amines) is 1. The maximum atomic E-state index is 15.1. The molecule has 2 aliphatic rings. The Kier molecular flexibility index (Phi) is 10.2. The molecule has 1 amide bonds. The molecule has 1 saturated heterocycles. The van der Waals surface area contributed by atoms with Crippen LogP contribution < -0.4 is 10.4 Å². The molecule has 6 rings (SSSR count). The van der Waals surface area contributed by atoms with Crippen molar-refractivity contribution in [2.75, 3.05) is 6.61 Å². The minimum absolute atomic E-state index is 0.143. The summed E-state index contributed by atoms with van der Waals surface area (Å²) in [6, 6.07) is 35.9. The normalized spacial score (nSPS) is 22.2. The van der Waals surface area contributed by atoms with E-state index in [2.05, 4.69) is 69.3 Å². The fourth-order valence-electron chi connectivity index (χ4n) is 8.14. The molecule has 5 nitrogen and oxygen atoms in total. The summed E-state index contributed by atoms with van der Waals surface area (Å²) in [7, 11) is -2.94. The fraction of sp³-hybridized carbons (Fsp3) is 0.366. The lowest BCUT2D eigenvalue weighted by molar-refractivity contribution is -0.162. The molecular formula is C41H45Cl2NO4Si. The number of piperidine rings is 1. The summed E-state index contributed by atoms with van der Waals surface area (Å²) in [5.41, 5.74) is 0.798. The van der Waals surface area contributed by atoms with Crippen LogP contribution in [0.25, 0.3) is 0 Å². The van der Waals surface area contributed by atoms with Crippen LogP contribution in [0.15, 0.2) is 109 Å². The van der Waals surface area contributed by atoms with E-state index in [0.29, 0.717) is 23.1 Å². The Morgan fingerprint density at radius 2 is 1.47 bits per heavy atom. The fourth-order valence-corrected chi connectivity index (χ4v) is 13.0. The van der Waals surface area contributed by atoms with Crippen molar-refractivity contribution in [1.82, 2.24) is 4.90 Å². The highest BCUT2D eigenvalue weighted by atomic mass is 35.5. The standard InChI is InChI=1S/C41H45Cl2NO4Si/c1-40(2,3)49(33-14-7-5-8-15-33,34-16-9-6-10-17-34)48-27-36(28-18-19-28)44-38(29-20-22-31(42)23-21-29)35(30-12-11-13-32(43)24-30)25-41(4,39(44)47)26-37(45)46/h5-17,20-24,28,35-36,38H,18-19,25-27H2,1-4H3,(H,45,46)/t35?,36?,38-,41-/m1/s1. The molecule has 0 radical (unpaired) electrons. The number of aliphatic carboxylic acids is 1. The lowest BCUT2D eigenvalue weighted by Crippen LogP contribution is -2.68. The Labute approximate surface area is 301 Å². The lowest BCUT2D eigenvalue weighted by Gasteiger charge is -2.53. The zero-order chi connectivity index (χ0) is 35.0. The molecule has 4 aromatic rings. The molecule has 49 heavy (non-hydrogen) atoms. The summed E-state index contributed by atoms with van der Waals surface area (Å²) in [4.78, 5) is 29.5. The Bertz CT molecular complexity index is 1740. The number of amides is 1. The Hall–Kier alpha value is -3.42. The lowest BCUT2D eigenvalue weighted by atomic mass is 9.67. The van der Waals surface area contributed by atoms with Crippen molar-refractivity contribution in [3.05, 3.63) is 130 Å². The van der Waals surface area contributed by atoms with Gasteiger partial charge in [-0.3, -0.25) is 9.59 Å². The molecule has 1 aliphatic carbocycles. The zero-order valence-electron chi connectivity index (χ0n) is 28.6. The van der Waals surface area contributed by atoms with E-state index in [-0.39, 0.29) is 41.3 Å². The van der Waals surface area contributed by atoms with E-state index >= 15 is 4.79 Å². The quantitative estimate of drug-likeness (QED) is 0.158. The smallest absolute Gasteiger partial charge is 0.304 e. The van der Waals surface area contributed by atoms with Gasteiger partial charge < -0.3 is 14.4 Å². The van der Waals surface area contributed by atoms with Gasteiger partial charge in [0.2, 0.25) is 5.91 Å². The van der Waals surface area contributed by atoms with Crippen molar-refractivity contribution in [2.24, 2.45) is 11.3 Å². The van der Waals surface area contributed by atoms with E-state index in [9.17, 15) is 9.90 Å². The van der Waals surface area contributed by atoms with Crippen molar-refractivity contribution in [1.29, 1.82) is 0 Å². The first-order valence-corrected chi connectivity index (χ1v) is 19.8. The molecule has 256 valence electrons. The van der Waals surface area contributed by atoms with E-state index in [1.807, 2.05) is 72.5 Å². The van der Waals surface area contributed by atoms with Gasteiger partial charge in [-0.05, 0) is 76.0 Å². The highest BCUT2D eigenvalue weighted by Crippen LogP contribution is 2.54. The molecule has 0 aromatic heterocycles. The summed E-state index contributed by atoms with van der Waals surface area (Å²) < 4.78 is 7.53. The van der Waals surface area contributed by atoms with E-state index in [0.717, 1.165) is 24.0 Å². The largest absolute Gasteiger partial charge is 0.481 e. The first-order chi connectivity index (χ1) is 23.3. The van der Waals surface area contributed by atoms with Gasteiger partial charge in [-0.15, -0.1) is 0 Å². The van der Waals surface area contributed by atoms with Crippen LogP contribution >= 0.6 is 23.2 Å². The van der Waals surface area contributed by atoms with Gasteiger partial charge in [-0.25, -0.2) is 0 Å². The monoisotopic (exact) mass is 713 g/mol. The first-order valence-electron chi connectivity index (χ1n) is 17.1. The molecule has 1 N–H and O–H groups in total. The maximum Gasteiger partial charge on any atom is 0.304 e. The topological polar surface area (TPSA) is 66.8 Å². The highest BCUT2D eigenvalue weighted by Gasteiger charge is 2.56. The summed E-state index contributed by atoms with van der Waals surface area (Å²) in [6.07, 6.45) is 2.06. The molecule has 1 heterocycles. The SMILES string of the molecule is CC(C)(C)[Si](OCC(C1CC1)N1C(=O)[C@@](C)(CC(=O)O)CC(c2cccc(Cl)c2)[C@H]1c1ccc(Cl)cc1)(c1ccccc1)c1ccccc1. The number of carboxylic acids is 1. The van der Waals surface area contributed by atoms with Crippen LogP contribution in [-0.2, 0) is 14.0 Å². The van der Waals surface area contributed by atoms with Crippen LogP contribution in [0.2, 0.25) is 15.1 Å². The van der Waals surface area contributed by atoms with Gasteiger partial charge in [0.05, 0.1) is 30.5 Å². The minimum Gasteiger partial charge on any atom is -0.481 e. The third kappa shape index (κ3) is 7.11. The van der Waals surface area contributed by atoms with Crippen molar-refractivity contribution in [3.8, 4) is 0 Å². The number of carbonyl (C=O) groups is 2. The number of nitrogens with zero attached hydrogens (tertiary/aromatic N) is 1. The van der Waals surface area contributed by atoms with E-state index in [1.165, 1.54) is 10.4 Å². The number of hydrogen-bond donors (Lipinski definition) is 1. The Morgan fingerprint density at radius 3 is 1.98 bits per heavy atom. The molecule has 2 fully saturated rings. The van der Waals surface area contributed by atoms with Gasteiger partial charge in [-0.2, -0.15) is 0 Å². The van der Waals surface area contributed by atoms with Gasteiger partial charge in [-0.1, -0.05) is 136 Å². The number of carbonyl (C=O) groups excluding carboxylic acids is 1. The third-order valence-electron chi connectivity index (χ3n) is 10.5. The molecule has 2 unspecified atom stereocenters. The molecule has 1 aliphatic heterocycles. The summed E-state index contributed by atoms with van der Waals surface area (Å²) in [6.45, 7) is 8.92. The second-order valence-corrected chi connectivity index (χ2v) is 20.3. The average molecular weight is 715 g/mol. The predicted molar refractivity (Wildman–Crippen MR) is 200 cm³/mol. The highest BCUT2D eigenvalue weighted by molar-refractivity contribution is 6.99. The summed E-state index contributed by atoms with van der Waals surface area (Å²) >= 11 is 13.0. The molecular weight excluding hydrogens is 669 g/mol. The third-order valence-corrected chi connectivity index (χ3v) is 16.0. The summed E-state index contributed by atoms with van der Waals surface area (Å²) in [5, 5.41) is 13.5. The Balaban J connectivity index is 1.52. The molecule has 4 atom stereocenters. The van der Waals surface area contributed by atoms with Gasteiger partial charge >= 0.3 is 5.97 Å². The number of benzene rings is 4. The van der Waals surface area contributed by atoms with Gasteiger partial charge in [0.25, 0.3) is 8.32 Å². The minimum atomic E-state index is -2.94. The zero-order valence-corrected chi connectivity index (χ0v) is 31.1. The van der Waals surface area contributed by atoms with Crippen molar-refractivity contribution in [2.45, 2.75) is 76.4 Å². The molecule has 0 bridgehead atoms.